The molecule has 0 aromatic carbocycles. The zero-order chi connectivity index (χ0) is 13.8. The second kappa shape index (κ2) is 7.23. The van der Waals surface area contributed by atoms with Gasteiger partial charge in [-0.25, -0.2) is 8.78 Å². The summed E-state index contributed by atoms with van der Waals surface area (Å²) in [5.41, 5.74) is 1.76. The number of aromatic nitrogens is 4. The molecule has 0 aliphatic heterocycles. The molecule has 0 saturated heterocycles. The number of rotatable bonds is 6. The van der Waals surface area contributed by atoms with Gasteiger partial charge in [0, 0.05) is 30.5 Å². The van der Waals surface area contributed by atoms with E-state index in [1.54, 1.807) is 18.6 Å². The summed E-state index contributed by atoms with van der Waals surface area (Å²) in [4.78, 5) is 0. The number of anilines is 1. The molecule has 0 aliphatic carbocycles. The topological polar surface area (TPSA) is 47.7 Å². The predicted octanol–water partition coefficient (Wildman–Crippen LogP) is 2.96. The Morgan fingerprint density at radius 1 is 1.20 bits per heavy atom. The van der Waals surface area contributed by atoms with Crippen LogP contribution in [0.25, 0.3) is 0 Å². The lowest BCUT2D eigenvalue weighted by molar-refractivity contribution is 0.122. The highest BCUT2D eigenvalue weighted by molar-refractivity contribution is 5.85. The van der Waals surface area contributed by atoms with Crippen molar-refractivity contribution in [1.29, 1.82) is 0 Å². The second-order valence-electron chi connectivity index (χ2n) is 4.62. The van der Waals surface area contributed by atoms with Crippen molar-refractivity contribution in [3.8, 4) is 0 Å². The molecule has 0 aliphatic rings. The molecule has 5 nitrogen and oxygen atoms in total. The zero-order valence-corrected chi connectivity index (χ0v) is 12.1. The van der Waals surface area contributed by atoms with E-state index in [4.69, 9.17) is 0 Å². The quantitative estimate of drug-likeness (QED) is 0.892. The molecule has 0 radical (unpaired) electrons. The lowest BCUT2D eigenvalue weighted by Crippen LogP contribution is -2.06. The summed E-state index contributed by atoms with van der Waals surface area (Å²) in [6.45, 7) is 4.26. The molecule has 0 spiro atoms. The van der Waals surface area contributed by atoms with E-state index in [0.29, 0.717) is 12.6 Å². The summed E-state index contributed by atoms with van der Waals surface area (Å²) in [6, 6.07) is 0.310. The van der Waals surface area contributed by atoms with Gasteiger partial charge in [0.25, 0.3) is 6.43 Å². The van der Waals surface area contributed by atoms with Gasteiger partial charge in [-0.1, -0.05) is 0 Å². The van der Waals surface area contributed by atoms with Gasteiger partial charge in [0.2, 0.25) is 0 Å². The fourth-order valence-electron chi connectivity index (χ4n) is 1.65. The Kier molecular flexibility index (Phi) is 5.94. The Hall–Kier alpha value is -1.63. The van der Waals surface area contributed by atoms with Crippen molar-refractivity contribution < 1.29 is 8.78 Å². The molecule has 0 saturated carbocycles. The molecule has 0 bridgehead atoms. The predicted molar refractivity (Wildman–Crippen MR) is 75.4 cm³/mol. The maximum atomic E-state index is 12.2. The van der Waals surface area contributed by atoms with Crippen LogP contribution in [-0.2, 0) is 13.1 Å². The van der Waals surface area contributed by atoms with Crippen LogP contribution in [-0.4, -0.2) is 26.0 Å². The first-order valence-corrected chi connectivity index (χ1v) is 6.12. The summed E-state index contributed by atoms with van der Waals surface area (Å²) < 4.78 is 27.4. The molecule has 2 heterocycles. The summed E-state index contributed by atoms with van der Waals surface area (Å²) in [5, 5.41) is 11.3. The monoisotopic (exact) mass is 305 g/mol. The molecule has 0 atom stereocenters. The van der Waals surface area contributed by atoms with E-state index in [1.165, 1.54) is 4.68 Å². The Morgan fingerprint density at radius 2 is 1.95 bits per heavy atom. The van der Waals surface area contributed by atoms with Crippen LogP contribution < -0.4 is 5.32 Å². The molecule has 0 amide bonds. The van der Waals surface area contributed by atoms with Crippen LogP contribution in [0.15, 0.2) is 24.8 Å². The highest BCUT2D eigenvalue weighted by Gasteiger charge is 2.06. The van der Waals surface area contributed by atoms with Crippen LogP contribution in [0.2, 0.25) is 0 Å². The summed E-state index contributed by atoms with van der Waals surface area (Å²) >= 11 is 0. The van der Waals surface area contributed by atoms with Crippen LogP contribution in [0, 0.1) is 0 Å². The number of alkyl halides is 2. The number of hydrogen-bond donors (Lipinski definition) is 1. The normalized spacial score (nSPS) is 10.9. The summed E-state index contributed by atoms with van der Waals surface area (Å²) in [6.07, 6.45) is 4.47. The third-order valence-corrected chi connectivity index (χ3v) is 2.64. The van der Waals surface area contributed by atoms with Gasteiger partial charge in [-0.2, -0.15) is 10.2 Å². The Balaban J connectivity index is 0.00000200. The first kappa shape index (κ1) is 16.4. The Morgan fingerprint density at radius 3 is 2.55 bits per heavy atom. The van der Waals surface area contributed by atoms with Gasteiger partial charge in [0.1, 0.15) is 6.54 Å². The van der Waals surface area contributed by atoms with E-state index in [-0.39, 0.29) is 19.0 Å². The molecule has 112 valence electrons. The van der Waals surface area contributed by atoms with Crippen LogP contribution >= 0.6 is 12.4 Å². The molecule has 8 heteroatoms. The van der Waals surface area contributed by atoms with Crippen LogP contribution in [0.1, 0.15) is 25.5 Å². The van der Waals surface area contributed by atoms with Crippen molar-refractivity contribution in [1.82, 2.24) is 19.6 Å². The van der Waals surface area contributed by atoms with Gasteiger partial charge < -0.3 is 5.32 Å². The third kappa shape index (κ3) is 4.48. The molecule has 0 unspecified atom stereocenters. The first-order chi connectivity index (χ1) is 9.04. The second-order valence-corrected chi connectivity index (χ2v) is 4.62. The van der Waals surface area contributed by atoms with E-state index in [1.807, 2.05) is 24.7 Å². The molecular weight excluding hydrogens is 288 g/mol. The van der Waals surface area contributed by atoms with Gasteiger partial charge in [0.15, 0.2) is 0 Å². The minimum absolute atomic E-state index is 0. The molecule has 20 heavy (non-hydrogen) atoms. The highest BCUT2D eigenvalue weighted by Crippen LogP contribution is 2.11. The van der Waals surface area contributed by atoms with Crippen molar-refractivity contribution in [2.24, 2.45) is 0 Å². The van der Waals surface area contributed by atoms with Crippen LogP contribution in [0.3, 0.4) is 0 Å². The fraction of sp³-hybridized carbons (Fsp3) is 0.500. The van der Waals surface area contributed by atoms with E-state index in [9.17, 15) is 8.78 Å². The van der Waals surface area contributed by atoms with Gasteiger partial charge in [-0.05, 0) is 13.8 Å². The minimum Gasteiger partial charge on any atom is -0.378 e. The molecule has 2 rings (SSSR count). The number of nitrogens with zero attached hydrogens (tertiary/aromatic N) is 4. The average Bonchev–Trinajstić information content (AvgIpc) is 2.94. The van der Waals surface area contributed by atoms with Crippen molar-refractivity contribution in [2.75, 3.05) is 5.32 Å². The Labute approximate surface area is 122 Å². The SMILES string of the molecule is CC(C)n1cc(NCc2cnn(CC(F)F)c2)cn1.Cl. The van der Waals surface area contributed by atoms with Crippen molar-refractivity contribution >= 4 is 18.1 Å². The smallest absolute Gasteiger partial charge is 0.257 e. The summed E-state index contributed by atoms with van der Waals surface area (Å²) in [5.74, 6) is 0. The largest absolute Gasteiger partial charge is 0.378 e. The maximum absolute atomic E-state index is 12.2. The highest BCUT2D eigenvalue weighted by atomic mass is 35.5. The zero-order valence-electron chi connectivity index (χ0n) is 11.3. The molecular formula is C12H18ClF2N5. The van der Waals surface area contributed by atoms with Gasteiger partial charge in [-0.3, -0.25) is 9.36 Å². The fourth-order valence-corrected chi connectivity index (χ4v) is 1.65. The van der Waals surface area contributed by atoms with Gasteiger partial charge in [0.05, 0.1) is 18.1 Å². The summed E-state index contributed by atoms with van der Waals surface area (Å²) in [7, 11) is 0. The van der Waals surface area contributed by atoms with Crippen molar-refractivity contribution in [2.45, 2.75) is 39.4 Å². The van der Waals surface area contributed by atoms with Crippen molar-refractivity contribution in [3.63, 3.8) is 0 Å². The lowest BCUT2D eigenvalue weighted by Gasteiger charge is -2.03. The molecule has 1 N–H and O–H groups in total. The standard InChI is InChI=1S/C12H17F2N5.ClH/c1-9(2)19-7-11(5-17-19)15-3-10-4-16-18(6-10)8-12(13)14;/h4-7,9,12,15H,3,8H2,1-2H3;1H. The Bertz CT molecular complexity index is 523. The van der Waals surface area contributed by atoms with Gasteiger partial charge >= 0.3 is 0 Å². The number of hydrogen-bond acceptors (Lipinski definition) is 3. The lowest BCUT2D eigenvalue weighted by atomic mass is 10.3. The molecule has 2 aromatic heterocycles. The van der Waals surface area contributed by atoms with E-state index >= 15 is 0 Å². The minimum atomic E-state index is -2.38. The van der Waals surface area contributed by atoms with Crippen LogP contribution in [0.5, 0.6) is 0 Å². The molecule has 0 fully saturated rings. The average molecular weight is 306 g/mol. The first-order valence-electron chi connectivity index (χ1n) is 6.12. The van der Waals surface area contributed by atoms with Crippen LogP contribution in [0.4, 0.5) is 14.5 Å². The van der Waals surface area contributed by atoms with E-state index < -0.39 is 6.43 Å². The number of halogens is 3. The number of nitrogens with one attached hydrogen (secondary N) is 1. The van der Waals surface area contributed by atoms with Crippen molar-refractivity contribution in [3.05, 3.63) is 30.4 Å². The molecule has 2 aromatic rings. The van der Waals surface area contributed by atoms with Gasteiger partial charge in [-0.15, -0.1) is 12.4 Å². The third-order valence-electron chi connectivity index (χ3n) is 2.64. The van der Waals surface area contributed by atoms with E-state index in [0.717, 1.165) is 11.3 Å². The van der Waals surface area contributed by atoms with E-state index in [2.05, 4.69) is 15.5 Å². The maximum Gasteiger partial charge on any atom is 0.257 e.